The number of nitrogens with one attached hydrogen (secondary N) is 1. The summed E-state index contributed by atoms with van der Waals surface area (Å²) in [5.74, 6) is 0. The predicted octanol–water partition coefficient (Wildman–Crippen LogP) is 0.970. The van der Waals surface area contributed by atoms with Gasteiger partial charge in [-0.05, 0) is 13.3 Å². The van der Waals surface area contributed by atoms with E-state index in [1.54, 1.807) is 7.11 Å². The van der Waals surface area contributed by atoms with Crippen LogP contribution in [0.5, 0.6) is 0 Å². The Bertz CT molecular complexity index is 62.6. The number of ether oxygens (including phenoxy) is 1. The first-order valence-electron chi connectivity index (χ1n) is 3.59. The summed E-state index contributed by atoms with van der Waals surface area (Å²) in [5, 5.41) is 3.01. The van der Waals surface area contributed by atoms with Crippen molar-refractivity contribution in [1.29, 1.82) is 0 Å². The van der Waals surface area contributed by atoms with Crippen molar-refractivity contribution in [2.75, 3.05) is 26.9 Å². The molecule has 0 aromatic heterocycles. The lowest BCUT2D eigenvalue weighted by atomic mass is 10.2. The van der Waals surface area contributed by atoms with Gasteiger partial charge in [-0.25, -0.2) is 4.39 Å². The van der Waals surface area contributed by atoms with Crippen LogP contribution in [0, 0.1) is 0 Å². The van der Waals surface area contributed by atoms with Crippen molar-refractivity contribution >= 4 is 0 Å². The molecule has 62 valence electrons. The quantitative estimate of drug-likeness (QED) is 0.607. The normalized spacial score (nSPS) is 13.5. The largest absolute Gasteiger partial charge is 0.385 e. The second-order valence-corrected chi connectivity index (χ2v) is 2.33. The fraction of sp³-hybridized carbons (Fsp3) is 1.00. The summed E-state index contributed by atoms with van der Waals surface area (Å²) in [6, 6.07) is 0.357. The fourth-order valence-corrected chi connectivity index (χ4v) is 0.698. The molecule has 1 atom stereocenters. The van der Waals surface area contributed by atoms with Crippen LogP contribution in [-0.4, -0.2) is 33.0 Å². The van der Waals surface area contributed by atoms with E-state index < -0.39 is 0 Å². The fourth-order valence-electron chi connectivity index (χ4n) is 0.698. The van der Waals surface area contributed by atoms with Gasteiger partial charge in [0.05, 0.1) is 0 Å². The van der Waals surface area contributed by atoms with Crippen LogP contribution in [0.3, 0.4) is 0 Å². The number of methoxy groups -OCH3 is 1. The first-order chi connectivity index (χ1) is 4.81. The SMILES string of the molecule is COCCC(C)NCCF. The van der Waals surface area contributed by atoms with Gasteiger partial charge in [-0.3, -0.25) is 0 Å². The first-order valence-corrected chi connectivity index (χ1v) is 3.59. The van der Waals surface area contributed by atoms with Crippen molar-refractivity contribution in [3.63, 3.8) is 0 Å². The molecular formula is C7H16FNO. The molecule has 0 aromatic carbocycles. The van der Waals surface area contributed by atoms with E-state index in [0.717, 1.165) is 13.0 Å². The van der Waals surface area contributed by atoms with Gasteiger partial charge in [-0.2, -0.15) is 0 Å². The lowest BCUT2D eigenvalue weighted by Crippen LogP contribution is -2.28. The first kappa shape index (κ1) is 9.85. The Balaban J connectivity index is 3.00. The topological polar surface area (TPSA) is 21.3 Å². The van der Waals surface area contributed by atoms with Crippen LogP contribution in [0.25, 0.3) is 0 Å². The average Bonchev–Trinajstić information content (AvgIpc) is 1.97. The molecule has 1 N–H and O–H groups in total. The Morgan fingerprint density at radius 2 is 2.30 bits per heavy atom. The number of hydrogen-bond donors (Lipinski definition) is 1. The molecule has 0 heterocycles. The molecule has 10 heavy (non-hydrogen) atoms. The average molecular weight is 149 g/mol. The second-order valence-electron chi connectivity index (χ2n) is 2.33. The van der Waals surface area contributed by atoms with Crippen molar-refractivity contribution in [2.45, 2.75) is 19.4 Å². The van der Waals surface area contributed by atoms with Crippen LogP contribution in [0.1, 0.15) is 13.3 Å². The highest BCUT2D eigenvalue weighted by Gasteiger charge is 1.98. The molecule has 0 spiro atoms. The minimum absolute atomic E-state index is 0.294. The van der Waals surface area contributed by atoms with Crippen molar-refractivity contribution in [3.05, 3.63) is 0 Å². The summed E-state index contributed by atoms with van der Waals surface area (Å²) in [5.41, 5.74) is 0. The monoisotopic (exact) mass is 149 g/mol. The predicted molar refractivity (Wildman–Crippen MR) is 39.9 cm³/mol. The molecule has 0 fully saturated rings. The molecule has 0 aromatic rings. The maximum Gasteiger partial charge on any atom is 0.102 e. The van der Waals surface area contributed by atoms with E-state index in [0.29, 0.717) is 12.6 Å². The van der Waals surface area contributed by atoms with Crippen molar-refractivity contribution in [2.24, 2.45) is 0 Å². The molecule has 0 aliphatic heterocycles. The number of rotatable bonds is 6. The maximum atomic E-state index is 11.6. The summed E-state index contributed by atoms with van der Waals surface area (Å²) < 4.78 is 16.4. The van der Waals surface area contributed by atoms with Crippen LogP contribution in [-0.2, 0) is 4.74 Å². The minimum atomic E-state index is -0.294. The van der Waals surface area contributed by atoms with E-state index in [-0.39, 0.29) is 6.67 Å². The lowest BCUT2D eigenvalue weighted by molar-refractivity contribution is 0.184. The molecule has 3 heteroatoms. The number of halogens is 1. The van der Waals surface area contributed by atoms with Crippen molar-refractivity contribution in [1.82, 2.24) is 5.32 Å². The molecule has 0 saturated carbocycles. The van der Waals surface area contributed by atoms with Crippen molar-refractivity contribution < 1.29 is 9.13 Å². The van der Waals surface area contributed by atoms with Gasteiger partial charge in [0.2, 0.25) is 0 Å². The summed E-state index contributed by atoms with van der Waals surface area (Å²) in [6.45, 7) is 2.91. The van der Waals surface area contributed by atoms with E-state index in [1.165, 1.54) is 0 Å². The highest BCUT2D eigenvalue weighted by molar-refractivity contribution is 4.58. The molecule has 0 aliphatic rings. The van der Waals surface area contributed by atoms with E-state index in [2.05, 4.69) is 5.32 Å². The van der Waals surface area contributed by atoms with Gasteiger partial charge in [0.1, 0.15) is 6.67 Å². The van der Waals surface area contributed by atoms with Crippen molar-refractivity contribution in [3.8, 4) is 0 Å². The Morgan fingerprint density at radius 1 is 1.60 bits per heavy atom. The molecule has 0 bridgehead atoms. The summed E-state index contributed by atoms with van der Waals surface area (Å²) in [6.07, 6.45) is 0.941. The van der Waals surface area contributed by atoms with Gasteiger partial charge in [0.25, 0.3) is 0 Å². The van der Waals surface area contributed by atoms with Crippen LogP contribution in [0.2, 0.25) is 0 Å². The molecule has 0 aliphatic carbocycles. The standard InChI is InChI=1S/C7H16FNO/c1-7(3-6-10-2)9-5-4-8/h7,9H,3-6H2,1-2H3. The van der Waals surface area contributed by atoms with Crippen LogP contribution < -0.4 is 5.32 Å². The van der Waals surface area contributed by atoms with Gasteiger partial charge in [-0.15, -0.1) is 0 Å². The summed E-state index contributed by atoms with van der Waals surface area (Å²) in [4.78, 5) is 0. The lowest BCUT2D eigenvalue weighted by Gasteiger charge is -2.10. The highest BCUT2D eigenvalue weighted by atomic mass is 19.1. The molecule has 0 rings (SSSR count). The van der Waals surface area contributed by atoms with Gasteiger partial charge in [0, 0.05) is 26.3 Å². The van der Waals surface area contributed by atoms with E-state index in [9.17, 15) is 4.39 Å². The zero-order valence-electron chi connectivity index (χ0n) is 6.69. The Hall–Kier alpha value is -0.150. The minimum Gasteiger partial charge on any atom is -0.385 e. The highest BCUT2D eigenvalue weighted by Crippen LogP contribution is 1.89. The van der Waals surface area contributed by atoms with E-state index in [1.807, 2.05) is 6.92 Å². The zero-order chi connectivity index (χ0) is 7.82. The molecule has 1 unspecified atom stereocenters. The third kappa shape index (κ3) is 5.98. The maximum absolute atomic E-state index is 11.6. The van der Waals surface area contributed by atoms with Crippen LogP contribution >= 0.6 is 0 Å². The molecule has 0 radical (unpaired) electrons. The van der Waals surface area contributed by atoms with Gasteiger partial charge >= 0.3 is 0 Å². The number of hydrogen-bond acceptors (Lipinski definition) is 2. The van der Waals surface area contributed by atoms with E-state index >= 15 is 0 Å². The van der Waals surface area contributed by atoms with Gasteiger partial charge in [-0.1, -0.05) is 0 Å². The second kappa shape index (κ2) is 6.96. The summed E-state index contributed by atoms with van der Waals surface area (Å²) in [7, 11) is 1.67. The molecule has 0 saturated heterocycles. The third-order valence-electron chi connectivity index (χ3n) is 1.34. The third-order valence-corrected chi connectivity index (χ3v) is 1.34. The van der Waals surface area contributed by atoms with Gasteiger partial charge < -0.3 is 10.1 Å². The Morgan fingerprint density at radius 3 is 2.80 bits per heavy atom. The van der Waals surface area contributed by atoms with Gasteiger partial charge in [0.15, 0.2) is 0 Å². The van der Waals surface area contributed by atoms with Crippen LogP contribution in [0.4, 0.5) is 4.39 Å². The zero-order valence-corrected chi connectivity index (χ0v) is 6.69. The number of alkyl halides is 1. The van der Waals surface area contributed by atoms with E-state index in [4.69, 9.17) is 4.74 Å². The smallest absolute Gasteiger partial charge is 0.102 e. The molecule has 0 amide bonds. The summed E-state index contributed by atoms with van der Waals surface area (Å²) >= 11 is 0. The van der Waals surface area contributed by atoms with Crippen LogP contribution in [0.15, 0.2) is 0 Å². The molecular weight excluding hydrogens is 133 g/mol. The molecule has 2 nitrogen and oxygen atoms in total. The Kier molecular flexibility index (Phi) is 6.86. The Labute approximate surface area is 61.8 Å².